The van der Waals surface area contributed by atoms with Crippen LogP contribution in [0.4, 0.5) is 13.2 Å². The molecule has 0 radical (unpaired) electrons. The average Bonchev–Trinajstić information content (AvgIpc) is 3.38. The molecular weight excluding hydrogens is 552 g/mol. The van der Waals surface area contributed by atoms with E-state index in [1.807, 2.05) is 0 Å². The molecule has 0 N–H and O–H groups in total. The second kappa shape index (κ2) is 10.6. The molecule has 0 aliphatic heterocycles. The van der Waals surface area contributed by atoms with E-state index in [1.54, 1.807) is 72.8 Å². The number of ether oxygens (including phenoxy) is 2. The van der Waals surface area contributed by atoms with Crippen LogP contribution in [0.3, 0.4) is 0 Å². The second-order valence-corrected chi connectivity index (χ2v) is 9.22. The number of aromatic nitrogens is 4. The molecule has 5 rings (SSSR count). The van der Waals surface area contributed by atoms with Gasteiger partial charge in [0, 0.05) is 26.7 Å². The third-order valence-corrected chi connectivity index (χ3v) is 6.37. The first-order chi connectivity index (χ1) is 18.7. The minimum absolute atomic E-state index is 0.0267. The van der Waals surface area contributed by atoms with Gasteiger partial charge in [0.1, 0.15) is 0 Å². The highest BCUT2D eigenvalue weighted by Crippen LogP contribution is 2.36. The van der Waals surface area contributed by atoms with Crippen LogP contribution in [0.1, 0.15) is 5.69 Å². The predicted molar refractivity (Wildman–Crippen MR) is 144 cm³/mol. The van der Waals surface area contributed by atoms with Crippen LogP contribution in [0.15, 0.2) is 78.9 Å². The minimum Gasteiger partial charge on any atom is -0.493 e. The van der Waals surface area contributed by atoms with Crippen molar-refractivity contribution in [2.45, 2.75) is 6.18 Å². The largest absolute Gasteiger partial charge is 0.493 e. The Bertz CT molecular complexity index is 1640. The maximum Gasteiger partial charge on any atom is 0.433 e. The molecular formula is C28H19Cl2F3N4O2. The summed E-state index contributed by atoms with van der Waals surface area (Å²) in [7, 11) is 2.91. The van der Waals surface area contributed by atoms with E-state index in [2.05, 4.69) is 15.1 Å². The van der Waals surface area contributed by atoms with Gasteiger partial charge in [-0.25, -0.2) is 9.97 Å². The van der Waals surface area contributed by atoms with Gasteiger partial charge in [-0.05, 0) is 54.6 Å². The van der Waals surface area contributed by atoms with Gasteiger partial charge >= 0.3 is 6.18 Å². The summed E-state index contributed by atoms with van der Waals surface area (Å²) in [6.07, 6.45) is -4.74. The van der Waals surface area contributed by atoms with Gasteiger partial charge in [0.2, 0.25) is 0 Å². The molecule has 0 fully saturated rings. The fraction of sp³-hybridized carbons (Fsp3) is 0.107. The highest BCUT2D eigenvalue weighted by Gasteiger charge is 2.34. The van der Waals surface area contributed by atoms with Gasteiger partial charge < -0.3 is 9.47 Å². The Morgan fingerprint density at radius 3 is 1.85 bits per heavy atom. The number of alkyl halides is 3. The zero-order chi connectivity index (χ0) is 27.7. The number of halogens is 5. The Hall–Kier alpha value is -4.08. The first-order valence-electron chi connectivity index (χ1n) is 11.5. The molecule has 198 valence electrons. The molecule has 6 nitrogen and oxygen atoms in total. The highest BCUT2D eigenvalue weighted by molar-refractivity contribution is 6.30. The smallest absolute Gasteiger partial charge is 0.433 e. The fourth-order valence-corrected chi connectivity index (χ4v) is 4.19. The predicted octanol–water partition coefficient (Wildman–Crippen LogP) is 8.01. The summed E-state index contributed by atoms with van der Waals surface area (Å²) in [6, 6.07) is 21.1. The van der Waals surface area contributed by atoms with Crippen LogP contribution in [-0.4, -0.2) is 34.0 Å². The highest BCUT2D eigenvalue weighted by atomic mass is 35.5. The monoisotopic (exact) mass is 570 g/mol. The van der Waals surface area contributed by atoms with E-state index in [1.165, 1.54) is 18.9 Å². The molecule has 39 heavy (non-hydrogen) atoms. The van der Waals surface area contributed by atoms with Crippen molar-refractivity contribution < 1.29 is 22.6 Å². The molecule has 2 aromatic heterocycles. The van der Waals surface area contributed by atoms with Crippen LogP contribution in [0.5, 0.6) is 11.5 Å². The lowest BCUT2D eigenvalue weighted by atomic mass is 10.1. The van der Waals surface area contributed by atoms with Crippen molar-refractivity contribution in [3.8, 4) is 51.2 Å². The van der Waals surface area contributed by atoms with Crippen LogP contribution in [0.2, 0.25) is 10.0 Å². The number of rotatable bonds is 6. The van der Waals surface area contributed by atoms with Gasteiger partial charge in [0.05, 0.1) is 31.3 Å². The molecule has 0 saturated heterocycles. The van der Waals surface area contributed by atoms with Crippen molar-refractivity contribution in [2.24, 2.45) is 0 Å². The summed E-state index contributed by atoms with van der Waals surface area (Å²) in [5.74, 6) is 0.505. The van der Waals surface area contributed by atoms with Crippen molar-refractivity contribution in [1.29, 1.82) is 0 Å². The molecule has 3 aromatic carbocycles. The Balaban J connectivity index is 1.74. The third kappa shape index (κ3) is 5.55. The maximum absolute atomic E-state index is 14.0. The number of hydrogen-bond acceptors (Lipinski definition) is 5. The van der Waals surface area contributed by atoms with Crippen molar-refractivity contribution >= 4 is 23.2 Å². The lowest BCUT2D eigenvalue weighted by Gasteiger charge is -2.14. The standard InChI is InChI=1S/C28H19Cl2F3N4O2/c1-38-24-12-7-18(13-25(24)39-2)21-15-26(28(31,32)33)35-27(34-21)37-23(17-5-10-20(30)11-6-17)14-22(36-37)16-3-8-19(29)9-4-16/h3-15H,1-2H3. The quantitative estimate of drug-likeness (QED) is 0.207. The molecule has 0 bridgehead atoms. The van der Waals surface area contributed by atoms with E-state index < -0.39 is 11.9 Å². The number of benzene rings is 3. The van der Waals surface area contributed by atoms with Crippen molar-refractivity contribution in [2.75, 3.05) is 14.2 Å². The lowest BCUT2D eigenvalue weighted by Crippen LogP contribution is -2.14. The first-order valence-corrected chi connectivity index (χ1v) is 12.2. The molecule has 0 spiro atoms. The van der Waals surface area contributed by atoms with Crippen LogP contribution in [0, 0.1) is 0 Å². The SMILES string of the molecule is COc1ccc(-c2cc(C(F)(F)F)nc(-n3nc(-c4ccc(Cl)cc4)cc3-c3ccc(Cl)cc3)n2)cc1OC. The number of nitrogens with zero attached hydrogens (tertiary/aromatic N) is 4. The normalized spacial score (nSPS) is 11.5. The summed E-state index contributed by atoms with van der Waals surface area (Å²) in [5, 5.41) is 5.65. The van der Waals surface area contributed by atoms with Crippen LogP contribution < -0.4 is 9.47 Å². The van der Waals surface area contributed by atoms with Crippen LogP contribution in [0.25, 0.3) is 39.7 Å². The molecule has 0 unspecified atom stereocenters. The molecule has 2 heterocycles. The molecule has 0 atom stereocenters. The topological polar surface area (TPSA) is 62.1 Å². The Labute approximate surface area is 231 Å². The van der Waals surface area contributed by atoms with Crippen molar-refractivity contribution in [3.63, 3.8) is 0 Å². The van der Waals surface area contributed by atoms with E-state index in [-0.39, 0.29) is 11.6 Å². The average molecular weight is 571 g/mol. The van der Waals surface area contributed by atoms with Crippen molar-refractivity contribution in [1.82, 2.24) is 19.7 Å². The maximum atomic E-state index is 14.0. The van der Waals surface area contributed by atoms with E-state index in [9.17, 15) is 13.2 Å². The van der Waals surface area contributed by atoms with Gasteiger partial charge in [-0.1, -0.05) is 47.5 Å². The fourth-order valence-electron chi connectivity index (χ4n) is 3.94. The summed E-state index contributed by atoms with van der Waals surface area (Å²) < 4.78 is 54.0. The number of methoxy groups -OCH3 is 2. The van der Waals surface area contributed by atoms with Gasteiger partial charge in [0.15, 0.2) is 17.2 Å². The molecule has 11 heteroatoms. The third-order valence-electron chi connectivity index (χ3n) is 5.86. The van der Waals surface area contributed by atoms with Gasteiger partial charge in [0.25, 0.3) is 5.95 Å². The molecule has 0 amide bonds. The molecule has 0 aliphatic rings. The second-order valence-electron chi connectivity index (χ2n) is 8.35. The minimum atomic E-state index is -4.74. The zero-order valence-corrected chi connectivity index (χ0v) is 22.0. The summed E-state index contributed by atoms with van der Waals surface area (Å²) in [6.45, 7) is 0. The van der Waals surface area contributed by atoms with E-state index >= 15 is 0 Å². The van der Waals surface area contributed by atoms with Crippen molar-refractivity contribution in [3.05, 3.63) is 94.6 Å². The number of hydrogen-bond donors (Lipinski definition) is 0. The van der Waals surface area contributed by atoms with Gasteiger partial charge in [-0.3, -0.25) is 0 Å². The lowest BCUT2D eigenvalue weighted by molar-refractivity contribution is -0.141. The summed E-state index contributed by atoms with van der Waals surface area (Å²) in [4.78, 5) is 8.35. The zero-order valence-electron chi connectivity index (χ0n) is 20.5. The Morgan fingerprint density at radius 1 is 0.667 bits per heavy atom. The van der Waals surface area contributed by atoms with Gasteiger partial charge in [-0.15, -0.1) is 0 Å². The summed E-state index contributed by atoms with van der Waals surface area (Å²) in [5.41, 5.74) is 1.60. The Morgan fingerprint density at radius 2 is 1.26 bits per heavy atom. The van der Waals surface area contributed by atoms with E-state index in [4.69, 9.17) is 32.7 Å². The Kier molecular flexibility index (Phi) is 7.20. The summed E-state index contributed by atoms with van der Waals surface area (Å²) >= 11 is 12.1. The van der Waals surface area contributed by atoms with Crippen LogP contribution >= 0.6 is 23.2 Å². The van der Waals surface area contributed by atoms with Gasteiger partial charge in [-0.2, -0.15) is 23.0 Å². The van der Waals surface area contributed by atoms with E-state index in [0.717, 1.165) is 6.07 Å². The molecule has 0 saturated carbocycles. The van der Waals surface area contributed by atoms with E-state index in [0.29, 0.717) is 49.6 Å². The molecule has 0 aliphatic carbocycles. The first kappa shape index (κ1) is 26.5. The van der Waals surface area contributed by atoms with Crippen LogP contribution in [-0.2, 0) is 6.18 Å². The molecule has 5 aromatic rings.